The number of aliphatic hydroxyl groups is 1. The summed E-state index contributed by atoms with van der Waals surface area (Å²) in [6.45, 7) is -0.645. The smallest absolute Gasteiger partial charge is 0.392 e. The number of aromatic nitrogens is 2. The van der Waals surface area contributed by atoms with Gasteiger partial charge >= 0.3 is 6.18 Å². The quantitative estimate of drug-likeness (QED) is 0.878. The van der Waals surface area contributed by atoms with Gasteiger partial charge in [0.2, 0.25) is 0 Å². The maximum atomic E-state index is 12.7. The van der Waals surface area contributed by atoms with Crippen LogP contribution in [0.2, 0.25) is 0 Å². The predicted octanol–water partition coefficient (Wildman–Crippen LogP) is 2.38. The lowest BCUT2D eigenvalue weighted by Gasteiger charge is -2.13. The summed E-state index contributed by atoms with van der Waals surface area (Å²) in [7, 11) is 0. The van der Waals surface area contributed by atoms with Crippen molar-refractivity contribution < 1.29 is 18.3 Å². The van der Waals surface area contributed by atoms with Gasteiger partial charge in [-0.05, 0) is 23.8 Å². The highest BCUT2D eigenvalue weighted by atomic mass is 19.4. The van der Waals surface area contributed by atoms with E-state index < -0.39 is 18.3 Å². The van der Waals surface area contributed by atoms with Crippen LogP contribution in [0, 0.1) is 0 Å². The maximum Gasteiger partial charge on any atom is 0.416 e. The average molecular weight is 242 g/mol. The van der Waals surface area contributed by atoms with Gasteiger partial charge in [0.05, 0.1) is 17.9 Å². The molecule has 17 heavy (non-hydrogen) atoms. The van der Waals surface area contributed by atoms with Crippen LogP contribution in [0.4, 0.5) is 13.2 Å². The number of halogens is 3. The summed E-state index contributed by atoms with van der Waals surface area (Å²) in [5.41, 5.74) is -0.680. The molecule has 0 aliphatic carbocycles. The zero-order valence-electron chi connectivity index (χ0n) is 8.65. The van der Waals surface area contributed by atoms with Gasteiger partial charge in [-0.15, -0.1) is 0 Å². The van der Waals surface area contributed by atoms with E-state index in [1.165, 1.54) is 23.0 Å². The summed E-state index contributed by atoms with van der Waals surface area (Å²) in [4.78, 5) is 0. The van der Waals surface area contributed by atoms with E-state index in [9.17, 15) is 13.2 Å². The molecular formula is C11H9F3N2O. The second-order valence-electron chi connectivity index (χ2n) is 3.45. The standard InChI is InChI=1S/C11H9F3N2O/c12-11(13,14)10-6-9(3-2-8(10)7-17)16-5-1-4-15-16/h1-6,17H,7H2. The first-order valence-corrected chi connectivity index (χ1v) is 4.83. The van der Waals surface area contributed by atoms with E-state index in [0.29, 0.717) is 5.69 Å². The molecule has 0 aliphatic rings. The van der Waals surface area contributed by atoms with Crippen LogP contribution in [-0.2, 0) is 12.8 Å². The molecule has 1 heterocycles. The second kappa shape index (κ2) is 4.21. The minimum absolute atomic E-state index is 0.145. The zero-order valence-corrected chi connectivity index (χ0v) is 8.65. The Labute approximate surface area is 95.1 Å². The lowest BCUT2D eigenvalue weighted by Crippen LogP contribution is -2.10. The summed E-state index contributed by atoms with van der Waals surface area (Å²) in [6.07, 6.45) is -1.46. The van der Waals surface area contributed by atoms with Gasteiger partial charge in [-0.25, -0.2) is 4.68 Å². The minimum Gasteiger partial charge on any atom is -0.392 e. The molecule has 3 nitrogen and oxygen atoms in total. The summed E-state index contributed by atoms with van der Waals surface area (Å²) in [5, 5.41) is 12.7. The van der Waals surface area contributed by atoms with E-state index in [4.69, 9.17) is 5.11 Å². The van der Waals surface area contributed by atoms with Gasteiger partial charge < -0.3 is 5.11 Å². The molecule has 0 unspecified atom stereocenters. The molecule has 1 aromatic carbocycles. The molecule has 0 atom stereocenters. The third-order valence-corrected chi connectivity index (χ3v) is 2.34. The Morgan fingerprint density at radius 3 is 2.59 bits per heavy atom. The molecule has 0 amide bonds. The van der Waals surface area contributed by atoms with E-state index in [0.717, 1.165) is 6.07 Å². The Morgan fingerprint density at radius 1 is 1.29 bits per heavy atom. The van der Waals surface area contributed by atoms with Crippen LogP contribution >= 0.6 is 0 Å². The molecule has 0 aliphatic heterocycles. The first-order chi connectivity index (χ1) is 8.02. The average Bonchev–Trinajstić information content (AvgIpc) is 2.80. The Hall–Kier alpha value is -1.82. The fraction of sp³-hybridized carbons (Fsp3) is 0.182. The van der Waals surface area contributed by atoms with Gasteiger partial charge in [0.1, 0.15) is 0 Å². The minimum atomic E-state index is -4.48. The van der Waals surface area contributed by atoms with Crippen molar-refractivity contribution in [2.24, 2.45) is 0 Å². The maximum absolute atomic E-state index is 12.7. The number of hydrogen-bond donors (Lipinski definition) is 1. The van der Waals surface area contributed by atoms with Crippen LogP contribution in [-0.4, -0.2) is 14.9 Å². The van der Waals surface area contributed by atoms with E-state index in [2.05, 4.69) is 5.10 Å². The molecule has 0 bridgehead atoms. The van der Waals surface area contributed by atoms with Crippen LogP contribution in [0.5, 0.6) is 0 Å². The van der Waals surface area contributed by atoms with Gasteiger partial charge in [-0.2, -0.15) is 18.3 Å². The summed E-state index contributed by atoms with van der Waals surface area (Å²) in [6, 6.07) is 5.32. The van der Waals surface area contributed by atoms with Gasteiger partial charge in [0, 0.05) is 12.4 Å². The second-order valence-corrected chi connectivity index (χ2v) is 3.45. The van der Waals surface area contributed by atoms with Crippen molar-refractivity contribution in [3.63, 3.8) is 0 Å². The van der Waals surface area contributed by atoms with Crippen molar-refractivity contribution >= 4 is 0 Å². The molecule has 0 saturated heterocycles. The number of benzene rings is 1. The highest BCUT2D eigenvalue weighted by molar-refractivity contribution is 5.41. The Balaban J connectivity index is 2.53. The first-order valence-electron chi connectivity index (χ1n) is 4.83. The molecule has 1 N–H and O–H groups in total. The van der Waals surface area contributed by atoms with Crippen molar-refractivity contribution in [3.8, 4) is 5.69 Å². The van der Waals surface area contributed by atoms with E-state index in [1.54, 1.807) is 12.3 Å². The van der Waals surface area contributed by atoms with Crippen LogP contribution < -0.4 is 0 Å². The van der Waals surface area contributed by atoms with Gasteiger partial charge in [0.15, 0.2) is 0 Å². The largest absolute Gasteiger partial charge is 0.416 e. The number of nitrogens with zero attached hydrogens (tertiary/aromatic N) is 2. The zero-order chi connectivity index (χ0) is 12.5. The fourth-order valence-corrected chi connectivity index (χ4v) is 1.53. The van der Waals surface area contributed by atoms with Gasteiger partial charge in [-0.3, -0.25) is 0 Å². The van der Waals surface area contributed by atoms with E-state index in [-0.39, 0.29) is 5.56 Å². The lowest BCUT2D eigenvalue weighted by atomic mass is 10.1. The van der Waals surface area contributed by atoms with Gasteiger partial charge in [-0.1, -0.05) is 6.07 Å². The highest BCUT2D eigenvalue weighted by Crippen LogP contribution is 2.33. The molecule has 1 aromatic heterocycles. The number of rotatable bonds is 2. The van der Waals surface area contributed by atoms with Crippen molar-refractivity contribution in [3.05, 3.63) is 47.8 Å². The Morgan fingerprint density at radius 2 is 2.06 bits per heavy atom. The van der Waals surface area contributed by atoms with Crippen LogP contribution in [0.1, 0.15) is 11.1 Å². The topological polar surface area (TPSA) is 38.0 Å². The molecule has 0 saturated carbocycles. The normalized spacial score (nSPS) is 11.8. The molecule has 90 valence electrons. The lowest BCUT2D eigenvalue weighted by molar-refractivity contribution is -0.138. The molecule has 0 radical (unpaired) electrons. The molecular weight excluding hydrogens is 233 g/mol. The Bertz CT molecular complexity index is 506. The van der Waals surface area contributed by atoms with Crippen molar-refractivity contribution in [1.29, 1.82) is 0 Å². The SMILES string of the molecule is OCc1ccc(-n2cccn2)cc1C(F)(F)F. The molecule has 2 rings (SSSR count). The van der Waals surface area contributed by atoms with E-state index >= 15 is 0 Å². The third kappa shape index (κ3) is 2.31. The van der Waals surface area contributed by atoms with Crippen LogP contribution in [0.25, 0.3) is 5.69 Å². The molecule has 0 fully saturated rings. The van der Waals surface area contributed by atoms with Crippen molar-refractivity contribution in [2.75, 3.05) is 0 Å². The fourth-order valence-electron chi connectivity index (χ4n) is 1.53. The third-order valence-electron chi connectivity index (χ3n) is 2.34. The Kier molecular flexibility index (Phi) is 2.89. The predicted molar refractivity (Wildman–Crippen MR) is 54.5 cm³/mol. The van der Waals surface area contributed by atoms with Crippen molar-refractivity contribution in [2.45, 2.75) is 12.8 Å². The molecule has 2 aromatic rings. The first kappa shape index (κ1) is 11.7. The summed E-state index contributed by atoms with van der Waals surface area (Å²) in [5.74, 6) is 0. The van der Waals surface area contributed by atoms with Crippen molar-refractivity contribution in [1.82, 2.24) is 9.78 Å². The van der Waals surface area contributed by atoms with Gasteiger partial charge in [0.25, 0.3) is 0 Å². The highest BCUT2D eigenvalue weighted by Gasteiger charge is 2.33. The summed E-state index contributed by atoms with van der Waals surface area (Å²) >= 11 is 0. The molecule has 6 heteroatoms. The number of alkyl halides is 3. The molecule has 0 spiro atoms. The summed E-state index contributed by atoms with van der Waals surface area (Å²) < 4.78 is 39.5. The van der Waals surface area contributed by atoms with Crippen LogP contribution in [0.3, 0.4) is 0 Å². The number of hydrogen-bond acceptors (Lipinski definition) is 2. The van der Waals surface area contributed by atoms with Crippen LogP contribution in [0.15, 0.2) is 36.7 Å². The van der Waals surface area contributed by atoms with E-state index in [1.807, 2.05) is 0 Å². The monoisotopic (exact) mass is 242 g/mol. The number of aliphatic hydroxyl groups excluding tert-OH is 1.